The topological polar surface area (TPSA) is 12.5 Å². The number of methoxy groups -OCH3 is 1. The highest BCUT2D eigenvalue weighted by atomic mass is 19.4. The van der Waals surface area contributed by atoms with E-state index in [1.54, 1.807) is 13.2 Å². The molecule has 0 aromatic heterocycles. The van der Waals surface area contributed by atoms with Crippen molar-refractivity contribution < 1.29 is 17.9 Å². The molecule has 0 unspecified atom stereocenters. The van der Waals surface area contributed by atoms with Gasteiger partial charge in [-0.2, -0.15) is 13.2 Å². The van der Waals surface area contributed by atoms with Gasteiger partial charge < -0.3 is 4.74 Å². The van der Waals surface area contributed by atoms with Gasteiger partial charge in [0.15, 0.2) is 0 Å². The molecule has 0 N–H and O–H groups in total. The van der Waals surface area contributed by atoms with Crippen LogP contribution in [0.5, 0.6) is 5.75 Å². The smallest absolute Gasteiger partial charge is 0.416 e. The number of aryl methyl sites for hydroxylation is 1. The van der Waals surface area contributed by atoms with Gasteiger partial charge in [-0.3, -0.25) is 4.90 Å². The molecule has 5 heteroatoms. The van der Waals surface area contributed by atoms with E-state index in [4.69, 9.17) is 4.74 Å². The van der Waals surface area contributed by atoms with Crippen molar-refractivity contribution in [2.45, 2.75) is 77.1 Å². The minimum atomic E-state index is -4.29. The number of halogens is 3. The van der Waals surface area contributed by atoms with Gasteiger partial charge in [-0.15, -0.1) is 0 Å². The first kappa shape index (κ1) is 23.7. The van der Waals surface area contributed by atoms with Crippen molar-refractivity contribution in [3.63, 3.8) is 0 Å². The van der Waals surface area contributed by atoms with E-state index in [0.29, 0.717) is 30.3 Å². The highest BCUT2D eigenvalue weighted by molar-refractivity contribution is 5.40. The molecule has 34 heavy (non-hydrogen) atoms. The Kier molecular flexibility index (Phi) is 6.20. The maximum atomic E-state index is 13.3. The second-order valence-electron chi connectivity index (χ2n) is 10.9. The van der Waals surface area contributed by atoms with E-state index in [-0.39, 0.29) is 5.41 Å². The minimum Gasteiger partial charge on any atom is -0.497 e. The summed E-state index contributed by atoms with van der Waals surface area (Å²) in [7, 11) is 1.73. The molecule has 2 aromatic rings. The summed E-state index contributed by atoms with van der Waals surface area (Å²) in [4.78, 5) is 2.46. The average molecular weight is 472 g/mol. The largest absolute Gasteiger partial charge is 0.497 e. The molecule has 2 aromatic carbocycles. The van der Waals surface area contributed by atoms with E-state index < -0.39 is 11.7 Å². The van der Waals surface area contributed by atoms with Crippen LogP contribution in [0.3, 0.4) is 0 Å². The number of hydrogen-bond donors (Lipinski definition) is 0. The maximum Gasteiger partial charge on any atom is 0.416 e. The lowest BCUT2D eigenvalue weighted by atomic mass is 9.55. The number of rotatable bonds is 5. The molecule has 0 heterocycles. The highest BCUT2D eigenvalue weighted by Crippen LogP contribution is 2.62. The van der Waals surface area contributed by atoms with Crippen LogP contribution in [0.1, 0.15) is 74.1 Å². The molecule has 0 spiro atoms. The molecule has 184 valence electrons. The van der Waals surface area contributed by atoms with Crippen molar-refractivity contribution in [2.75, 3.05) is 13.7 Å². The van der Waals surface area contributed by atoms with E-state index >= 15 is 0 Å². The maximum absolute atomic E-state index is 13.3. The predicted octanol–water partition coefficient (Wildman–Crippen LogP) is 7.46. The Labute approximate surface area is 201 Å². The van der Waals surface area contributed by atoms with Crippen molar-refractivity contribution in [3.8, 4) is 5.75 Å². The fraction of sp³-hybridized carbons (Fsp3) is 0.586. The van der Waals surface area contributed by atoms with Crippen LogP contribution in [-0.2, 0) is 19.1 Å². The third-order valence-corrected chi connectivity index (χ3v) is 9.37. The number of benzene rings is 2. The van der Waals surface area contributed by atoms with Crippen LogP contribution in [0, 0.1) is 17.3 Å². The van der Waals surface area contributed by atoms with Gasteiger partial charge in [0.25, 0.3) is 0 Å². The molecule has 2 nitrogen and oxygen atoms in total. The Bertz CT molecular complexity index is 1030. The highest BCUT2D eigenvalue weighted by Gasteiger charge is 2.55. The standard InChI is InChI=1S/C29H36F3NO/c1-4-33(18-19-6-5-7-21(16-19)29(30,31)32)27-13-12-26-25-10-8-20-17-22(34-3)9-11-23(20)24(25)14-15-28(26,27)2/h5-7,9,11,16-17,24-27H,4,8,10,12-15,18H2,1-3H3/t24-,25-,26+,27+,28+/m1/s1. The molecule has 2 fully saturated rings. The Morgan fingerprint density at radius 1 is 1.06 bits per heavy atom. The first-order valence-electron chi connectivity index (χ1n) is 12.8. The first-order chi connectivity index (χ1) is 16.2. The molecule has 3 aliphatic carbocycles. The van der Waals surface area contributed by atoms with Crippen LogP contribution in [-0.4, -0.2) is 24.6 Å². The van der Waals surface area contributed by atoms with E-state index in [9.17, 15) is 13.2 Å². The number of nitrogens with zero attached hydrogens (tertiary/aromatic N) is 1. The van der Waals surface area contributed by atoms with E-state index in [1.165, 1.54) is 48.9 Å². The van der Waals surface area contributed by atoms with Gasteiger partial charge in [0.1, 0.15) is 5.75 Å². The van der Waals surface area contributed by atoms with Crippen LogP contribution in [0.2, 0.25) is 0 Å². The van der Waals surface area contributed by atoms with Gasteiger partial charge in [0, 0.05) is 12.6 Å². The van der Waals surface area contributed by atoms with Crippen molar-refractivity contribution >= 4 is 0 Å². The molecular weight excluding hydrogens is 435 g/mol. The number of ether oxygens (including phenoxy) is 1. The fourth-order valence-corrected chi connectivity index (χ4v) is 7.78. The number of alkyl halides is 3. The zero-order chi connectivity index (χ0) is 24.1. The van der Waals surface area contributed by atoms with Gasteiger partial charge in [-0.25, -0.2) is 0 Å². The predicted molar refractivity (Wildman–Crippen MR) is 129 cm³/mol. The minimum absolute atomic E-state index is 0.225. The lowest BCUT2D eigenvalue weighted by Crippen LogP contribution is -2.50. The van der Waals surface area contributed by atoms with Crippen LogP contribution in [0.15, 0.2) is 42.5 Å². The molecule has 2 saturated carbocycles. The Balaban J connectivity index is 1.36. The number of hydrogen-bond acceptors (Lipinski definition) is 2. The molecule has 5 rings (SSSR count). The zero-order valence-electron chi connectivity index (χ0n) is 20.5. The normalized spacial score (nSPS) is 30.6. The molecule has 0 aliphatic heterocycles. The second kappa shape index (κ2) is 8.89. The summed E-state index contributed by atoms with van der Waals surface area (Å²) in [6.45, 7) is 6.08. The number of fused-ring (bicyclic) bond motifs is 5. The third-order valence-electron chi connectivity index (χ3n) is 9.37. The SMILES string of the molecule is CCN(Cc1cccc(C(F)(F)F)c1)[C@H]1CC[C@H]2[C@@H]3CCc4cc(OC)ccc4[C@H]3CC[C@]12C. The first-order valence-corrected chi connectivity index (χ1v) is 12.8. The van der Waals surface area contributed by atoms with Gasteiger partial charge in [-0.05, 0) is 103 Å². The fourth-order valence-electron chi connectivity index (χ4n) is 7.78. The average Bonchev–Trinajstić information content (AvgIpc) is 3.18. The monoisotopic (exact) mass is 471 g/mol. The van der Waals surface area contributed by atoms with Crippen LogP contribution in [0.4, 0.5) is 13.2 Å². The summed E-state index contributed by atoms with van der Waals surface area (Å²) in [5.41, 5.74) is 3.42. The zero-order valence-corrected chi connectivity index (χ0v) is 20.5. The molecule has 3 aliphatic rings. The Morgan fingerprint density at radius 2 is 1.88 bits per heavy atom. The van der Waals surface area contributed by atoms with Crippen molar-refractivity contribution in [2.24, 2.45) is 17.3 Å². The summed E-state index contributed by atoms with van der Waals surface area (Å²) < 4.78 is 45.2. The Hall–Kier alpha value is -2.01. The van der Waals surface area contributed by atoms with E-state index in [2.05, 4.69) is 36.9 Å². The Morgan fingerprint density at radius 3 is 2.62 bits per heavy atom. The van der Waals surface area contributed by atoms with Gasteiger partial charge in [-0.1, -0.05) is 38.1 Å². The molecule has 0 radical (unpaired) electrons. The van der Waals surface area contributed by atoms with Crippen molar-refractivity contribution in [1.82, 2.24) is 4.90 Å². The van der Waals surface area contributed by atoms with Gasteiger partial charge >= 0.3 is 6.18 Å². The molecular formula is C29H36F3NO. The van der Waals surface area contributed by atoms with Crippen molar-refractivity contribution in [3.05, 3.63) is 64.7 Å². The molecule has 5 atom stereocenters. The van der Waals surface area contributed by atoms with E-state index in [0.717, 1.165) is 30.7 Å². The molecule has 0 bridgehead atoms. The van der Waals surface area contributed by atoms with Crippen molar-refractivity contribution in [1.29, 1.82) is 0 Å². The summed E-state index contributed by atoms with van der Waals surface area (Å²) in [5.74, 6) is 2.97. The van der Waals surface area contributed by atoms with Crippen LogP contribution >= 0.6 is 0 Å². The summed E-state index contributed by atoms with van der Waals surface area (Å²) in [5, 5.41) is 0. The van der Waals surface area contributed by atoms with E-state index in [1.807, 2.05) is 6.07 Å². The lowest BCUT2D eigenvalue weighted by Gasteiger charge is -2.52. The quantitative estimate of drug-likeness (QED) is 0.449. The second-order valence-corrected chi connectivity index (χ2v) is 10.9. The van der Waals surface area contributed by atoms with Gasteiger partial charge in [0.2, 0.25) is 0 Å². The molecule has 0 amide bonds. The van der Waals surface area contributed by atoms with Crippen LogP contribution in [0.25, 0.3) is 0 Å². The summed E-state index contributed by atoms with van der Waals surface area (Å²) in [6, 6.07) is 13.0. The lowest BCUT2D eigenvalue weighted by molar-refractivity contribution is -0.137. The van der Waals surface area contributed by atoms with Gasteiger partial charge in [0.05, 0.1) is 12.7 Å². The summed E-state index contributed by atoms with van der Waals surface area (Å²) in [6.07, 6.45) is 2.82. The molecule has 0 saturated heterocycles. The summed E-state index contributed by atoms with van der Waals surface area (Å²) >= 11 is 0. The van der Waals surface area contributed by atoms with Crippen LogP contribution < -0.4 is 4.74 Å². The third kappa shape index (κ3) is 4.04.